The summed E-state index contributed by atoms with van der Waals surface area (Å²) >= 11 is 0. The monoisotopic (exact) mass is 284 g/mol. The van der Waals surface area contributed by atoms with Gasteiger partial charge in [0.1, 0.15) is 17.2 Å². The lowest BCUT2D eigenvalue weighted by Crippen LogP contribution is -1.94. The maximum Gasteiger partial charge on any atom is 0.189 e. The molecule has 0 bridgehead atoms. The van der Waals surface area contributed by atoms with Gasteiger partial charge >= 0.3 is 0 Å². The van der Waals surface area contributed by atoms with Crippen LogP contribution in [-0.4, -0.2) is 25.1 Å². The summed E-state index contributed by atoms with van der Waals surface area (Å²) in [6.07, 6.45) is 3.06. The SMILES string of the molecule is COc1cc(/C=C/C(=O)c2ccccc2O)cc(OC)c1. The zero-order chi connectivity index (χ0) is 15.2. The molecule has 4 nitrogen and oxygen atoms in total. The fourth-order valence-electron chi connectivity index (χ4n) is 1.87. The molecule has 0 heterocycles. The van der Waals surface area contributed by atoms with Crippen LogP contribution < -0.4 is 9.47 Å². The molecule has 108 valence electrons. The van der Waals surface area contributed by atoms with Crippen molar-refractivity contribution in [1.29, 1.82) is 0 Å². The van der Waals surface area contributed by atoms with Crippen LogP contribution in [0, 0.1) is 0 Å². The van der Waals surface area contributed by atoms with Crippen molar-refractivity contribution in [3.05, 3.63) is 59.7 Å². The number of para-hydroxylation sites is 1. The quantitative estimate of drug-likeness (QED) is 0.676. The second-order valence-corrected chi connectivity index (χ2v) is 4.36. The Morgan fingerprint density at radius 3 is 2.24 bits per heavy atom. The molecular formula is C17H16O4. The van der Waals surface area contributed by atoms with Crippen molar-refractivity contribution in [3.8, 4) is 17.2 Å². The van der Waals surface area contributed by atoms with E-state index < -0.39 is 0 Å². The molecular weight excluding hydrogens is 268 g/mol. The maximum atomic E-state index is 12.0. The van der Waals surface area contributed by atoms with Gasteiger partial charge in [-0.05, 0) is 35.9 Å². The Kier molecular flexibility index (Phi) is 4.61. The van der Waals surface area contributed by atoms with Crippen LogP contribution in [0.5, 0.6) is 17.2 Å². The normalized spacial score (nSPS) is 10.6. The van der Waals surface area contributed by atoms with Gasteiger partial charge in [0.15, 0.2) is 5.78 Å². The molecule has 0 amide bonds. The fourth-order valence-corrected chi connectivity index (χ4v) is 1.87. The Hall–Kier alpha value is -2.75. The number of phenols is 1. The molecule has 1 N–H and O–H groups in total. The van der Waals surface area contributed by atoms with Crippen LogP contribution in [0.15, 0.2) is 48.5 Å². The van der Waals surface area contributed by atoms with Crippen LogP contribution >= 0.6 is 0 Å². The number of ketones is 1. The van der Waals surface area contributed by atoms with E-state index >= 15 is 0 Å². The highest BCUT2D eigenvalue weighted by molar-refractivity contribution is 6.08. The first-order chi connectivity index (χ1) is 10.1. The average Bonchev–Trinajstić information content (AvgIpc) is 2.52. The van der Waals surface area contributed by atoms with E-state index in [-0.39, 0.29) is 17.1 Å². The van der Waals surface area contributed by atoms with Gasteiger partial charge in [-0.1, -0.05) is 18.2 Å². The summed E-state index contributed by atoms with van der Waals surface area (Å²) in [7, 11) is 3.13. The summed E-state index contributed by atoms with van der Waals surface area (Å²) in [6.45, 7) is 0. The molecule has 0 unspecified atom stereocenters. The van der Waals surface area contributed by atoms with E-state index in [1.807, 2.05) is 0 Å². The van der Waals surface area contributed by atoms with Gasteiger partial charge in [-0.3, -0.25) is 4.79 Å². The van der Waals surface area contributed by atoms with Gasteiger partial charge in [-0.2, -0.15) is 0 Å². The van der Waals surface area contributed by atoms with E-state index in [0.29, 0.717) is 11.5 Å². The van der Waals surface area contributed by atoms with Gasteiger partial charge in [-0.15, -0.1) is 0 Å². The number of allylic oxidation sites excluding steroid dienone is 1. The Balaban J connectivity index is 2.25. The van der Waals surface area contributed by atoms with Crippen molar-refractivity contribution >= 4 is 11.9 Å². The third-order valence-corrected chi connectivity index (χ3v) is 2.97. The van der Waals surface area contributed by atoms with Crippen LogP contribution in [0.3, 0.4) is 0 Å². The molecule has 0 saturated carbocycles. The summed E-state index contributed by atoms with van der Waals surface area (Å²) in [5, 5.41) is 9.65. The van der Waals surface area contributed by atoms with Gasteiger partial charge in [0, 0.05) is 6.07 Å². The molecule has 0 aliphatic rings. The third-order valence-electron chi connectivity index (χ3n) is 2.97. The van der Waals surface area contributed by atoms with Crippen LogP contribution in [0.2, 0.25) is 0 Å². The van der Waals surface area contributed by atoms with E-state index in [9.17, 15) is 9.90 Å². The topological polar surface area (TPSA) is 55.8 Å². The molecule has 21 heavy (non-hydrogen) atoms. The van der Waals surface area contributed by atoms with Gasteiger partial charge in [0.05, 0.1) is 19.8 Å². The number of carbonyl (C=O) groups is 1. The molecule has 2 aromatic rings. The molecule has 0 aliphatic heterocycles. The number of hydrogen-bond donors (Lipinski definition) is 1. The second kappa shape index (κ2) is 6.61. The lowest BCUT2D eigenvalue weighted by molar-refractivity contribution is 0.104. The molecule has 0 aliphatic carbocycles. The summed E-state index contributed by atoms with van der Waals surface area (Å²) in [4.78, 5) is 12.0. The van der Waals surface area contributed by atoms with Gasteiger partial charge in [-0.25, -0.2) is 0 Å². The zero-order valence-corrected chi connectivity index (χ0v) is 11.9. The molecule has 0 spiro atoms. The molecule has 0 radical (unpaired) electrons. The number of methoxy groups -OCH3 is 2. The minimum Gasteiger partial charge on any atom is -0.507 e. The summed E-state index contributed by atoms with van der Waals surface area (Å²) in [5.41, 5.74) is 1.04. The highest BCUT2D eigenvalue weighted by atomic mass is 16.5. The van der Waals surface area contributed by atoms with Crippen molar-refractivity contribution in [2.45, 2.75) is 0 Å². The Bertz CT molecular complexity index is 652. The molecule has 2 rings (SSSR count). The molecule has 0 fully saturated rings. The standard InChI is InChI=1S/C17H16O4/c1-20-13-9-12(10-14(11-13)21-2)7-8-17(19)15-5-3-4-6-16(15)18/h3-11,18H,1-2H3/b8-7+. The largest absolute Gasteiger partial charge is 0.507 e. The van der Waals surface area contributed by atoms with Gasteiger partial charge in [0.2, 0.25) is 0 Å². The Morgan fingerprint density at radius 2 is 1.67 bits per heavy atom. The smallest absolute Gasteiger partial charge is 0.189 e. The van der Waals surface area contributed by atoms with E-state index in [1.54, 1.807) is 56.7 Å². The van der Waals surface area contributed by atoms with Crippen LogP contribution in [0.4, 0.5) is 0 Å². The lowest BCUT2D eigenvalue weighted by Gasteiger charge is -2.05. The first-order valence-corrected chi connectivity index (χ1v) is 6.37. The number of benzene rings is 2. The highest BCUT2D eigenvalue weighted by Crippen LogP contribution is 2.24. The third kappa shape index (κ3) is 3.63. The summed E-state index contributed by atoms with van der Waals surface area (Å²) in [5.74, 6) is 0.985. The number of carbonyl (C=O) groups excluding carboxylic acids is 1. The van der Waals surface area contributed by atoms with Crippen molar-refractivity contribution in [2.24, 2.45) is 0 Å². The number of ether oxygens (including phenoxy) is 2. The van der Waals surface area contributed by atoms with Gasteiger partial charge < -0.3 is 14.6 Å². The maximum absolute atomic E-state index is 12.0. The predicted molar refractivity (Wildman–Crippen MR) is 81.0 cm³/mol. The van der Waals surface area contributed by atoms with Crippen LogP contribution in [-0.2, 0) is 0 Å². The summed E-state index contributed by atoms with van der Waals surface area (Å²) in [6, 6.07) is 11.8. The number of rotatable bonds is 5. The molecule has 0 atom stereocenters. The van der Waals surface area contributed by atoms with E-state index in [1.165, 1.54) is 12.1 Å². The lowest BCUT2D eigenvalue weighted by atomic mass is 10.1. The Labute approximate surface area is 123 Å². The van der Waals surface area contributed by atoms with Gasteiger partial charge in [0.25, 0.3) is 0 Å². The van der Waals surface area contributed by atoms with Crippen molar-refractivity contribution in [1.82, 2.24) is 0 Å². The van der Waals surface area contributed by atoms with Crippen molar-refractivity contribution in [3.63, 3.8) is 0 Å². The molecule has 0 aromatic heterocycles. The van der Waals surface area contributed by atoms with Crippen molar-refractivity contribution in [2.75, 3.05) is 14.2 Å². The predicted octanol–water partition coefficient (Wildman–Crippen LogP) is 3.31. The van der Waals surface area contributed by atoms with E-state index in [2.05, 4.69) is 0 Å². The van der Waals surface area contributed by atoms with Crippen LogP contribution in [0.1, 0.15) is 15.9 Å². The van der Waals surface area contributed by atoms with E-state index in [0.717, 1.165) is 5.56 Å². The zero-order valence-electron chi connectivity index (χ0n) is 11.9. The van der Waals surface area contributed by atoms with E-state index in [4.69, 9.17) is 9.47 Å². The first kappa shape index (κ1) is 14.7. The molecule has 4 heteroatoms. The van der Waals surface area contributed by atoms with Crippen molar-refractivity contribution < 1.29 is 19.4 Å². The van der Waals surface area contributed by atoms with Crippen LogP contribution in [0.25, 0.3) is 6.08 Å². The second-order valence-electron chi connectivity index (χ2n) is 4.36. The number of aromatic hydroxyl groups is 1. The summed E-state index contributed by atoms with van der Waals surface area (Å²) < 4.78 is 10.3. The number of hydrogen-bond acceptors (Lipinski definition) is 4. The first-order valence-electron chi connectivity index (χ1n) is 6.37. The number of phenolic OH excluding ortho intramolecular Hbond substituents is 1. The minimum atomic E-state index is -0.269. The molecule has 0 saturated heterocycles. The average molecular weight is 284 g/mol. The minimum absolute atomic E-state index is 0.0321. The highest BCUT2D eigenvalue weighted by Gasteiger charge is 2.07. The molecule has 2 aromatic carbocycles. The Morgan fingerprint density at radius 1 is 1.05 bits per heavy atom. The fraction of sp³-hybridized carbons (Fsp3) is 0.118.